The molecule has 1 saturated heterocycles. The zero-order chi connectivity index (χ0) is 10.2. The second kappa shape index (κ2) is 3.33. The lowest BCUT2D eigenvalue weighted by atomic mass is 9.88. The minimum Gasteiger partial charge on any atom is -0.379 e. The summed E-state index contributed by atoms with van der Waals surface area (Å²) in [5, 5.41) is 3.46. The largest absolute Gasteiger partial charge is 0.379 e. The molecular formula is C9H12N2O2S. The Morgan fingerprint density at radius 3 is 2.86 bits per heavy atom. The minimum atomic E-state index is -0.362. The monoisotopic (exact) mass is 212 g/mol. The fraction of sp³-hybridized carbons (Fsp3) is 0.556. The van der Waals surface area contributed by atoms with Crippen LogP contribution in [0.1, 0.15) is 11.8 Å². The minimum absolute atomic E-state index is 0.00176. The van der Waals surface area contributed by atoms with Crippen molar-refractivity contribution in [3.63, 3.8) is 0 Å². The summed E-state index contributed by atoms with van der Waals surface area (Å²) >= 11 is 1.48. The molecule has 0 unspecified atom stereocenters. The van der Waals surface area contributed by atoms with E-state index in [1.165, 1.54) is 11.3 Å². The van der Waals surface area contributed by atoms with E-state index in [1.807, 2.05) is 13.8 Å². The van der Waals surface area contributed by atoms with E-state index in [4.69, 9.17) is 4.74 Å². The van der Waals surface area contributed by atoms with E-state index >= 15 is 0 Å². The summed E-state index contributed by atoms with van der Waals surface area (Å²) in [7, 11) is 0. The van der Waals surface area contributed by atoms with E-state index < -0.39 is 0 Å². The van der Waals surface area contributed by atoms with Gasteiger partial charge in [0.05, 0.1) is 18.6 Å². The van der Waals surface area contributed by atoms with Gasteiger partial charge in [0.15, 0.2) is 5.13 Å². The number of carbonyl (C=O) groups is 1. The number of nitrogens with zero attached hydrogens (tertiary/aromatic N) is 1. The third-order valence-electron chi connectivity index (χ3n) is 2.23. The Balaban J connectivity index is 2.01. The van der Waals surface area contributed by atoms with Crippen molar-refractivity contribution in [1.82, 2.24) is 4.98 Å². The summed E-state index contributed by atoms with van der Waals surface area (Å²) in [5.41, 5.74) is -0.362. The molecule has 1 aliphatic rings. The lowest BCUT2D eigenvalue weighted by Gasteiger charge is -2.35. The lowest BCUT2D eigenvalue weighted by molar-refractivity contribution is -0.151. The zero-order valence-electron chi connectivity index (χ0n) is 8.16. The molecule has 1 N–H and O–H groups in total. The smallest absolute Gasteiger partial charge is 0.236 e. The van der Waals surface area contributed by atoms with E-state index in [0.717, 1.165) is 4.88 Å². The maximum absolute atomic E-state index is 11.7. The SMILES string of the molecule is Cc1cnc(NC(=O)C2(C)COC2)s1. The highest BCUT2D eigenvalue weighted by Crippen LogP contribution is 2.28. The number of amides is 1. The summed E-state index contributed by atoms with van der Waals surface area (Å²) in [5.74, 6) is -0.00176. The number of carbonyl (C=O) groups excluding carboxylic acids is 1. The van der Waals surface area contributed by atoms with Gasteiger partial charge in [0.2, 0.25) is 5.91 Å². The van der Waals surface area contributed by atoms with Crippen LogP contribution in [0.25, 0.3) is 0 Å². The molecule has 1 aromatic rings. The molecule has 0 atom stereocenters. The van der Waals surface area contributed by atoms with Crippen LogP contribution < -0.4 is 5.32 Å². The van der Waals surface area contributed by atoms with E-state index in [2.05, 4.69) is 10.3 Å². The topological polar surface area (TPSA) is 51.2 Å². The number of aromatic nitrogens is 1. The number of thiazole rings is 1. The van der Waals surface area contributed by atoms with Gasteiger partial charge in [-0.05, 0) is 13.8 Å². The third-order valence-corrected chi connectivity index (χ3v) is 3.06. The van der Waals surface area contributed by atoms with Crippen LogP contribution in [0, 0.1) is 12.3 Å². The van der Waals surface area contributed by atoms with Crippen molar-refractivity contribution < 1.29 is 9.53 Å². The van der Waals surface area contributed by atoms with Crippen molar-refractivity contribution in [2.45, 2.75) is 13.8 Å². The number of rotatable bonds is 2. The standard InChI is InChI=1S/C9H12N2O2S/c1-6-3-10-8(14-6)11-7(12)9(2)4-13-5-9/h3H,4-5H2,1-2H3,(H,10,11,12). The highest BCUT2D eigenvalue weighted by molar-refractivity contribution is 7.15. The van der Waals surface area contributed by atoms with Gasteiger partial charge in [0.25, 0.3) is 0 Å². The first-order chi connectivity index (χ1) is 6.60. The van der Waals surface area contributed by atoms with Crippen LogP contribution in [0.5, 0.6) is 0 Å². The highest BCUT2D eigenvalue weighted by atomic mass is 32.1. The summed E-state index contributed by atoms with van der Waals surface area (Å²) in [6.45, 7) is 4.86. The second-order valence-electron chi connectivity index (χ2n) is 3.78. The predicted octanol–water partition coefficient (Wildman–Crippen LogP) is 1.43. The number of hydrogen-bond donors (Lipinski definition) is 1. The Morgan fingerprint density at radius 1 is 1.71 bits per heavy atom. The van der Waals surface area contributed by atoms with Crippen LogP contribution in [-0.2, 0) is 9.53 Å². The van der Waals surface area contributed by atoms with Gasteiger partial charge in [-0.15, -0.1) is 11.3 Å². The van der Waals surface area contributed by atoms with Crippen molar-refractivity contribution >= 4 is 22.4 Å². The quantitative estimate of drug-likeness (QED) is 0.806. The molecule has 2 rings (SSSR count). The van der Waals surface area contributed by atoms with Crippen LogP contribution in [0.4, 0.5) is 5.13 Å². The average Bonchev–Trinajstić information content (AvgIpc) is 2.47. The first kappa shape index (κ1) is 9.61. The highest BCUT2D eigenvalue weighted by Gasteiger charge is 2.41. The van der Waals surface area contributed by atoms with Crippen molar-refractivity contribution in [3.8, 4) is 0 Å². The fourth-order valence-electron chi connectivity index (χ4n) is 1.20. The van der Waals surface area contributed by atoms with Crippen LogP contribution in [0.15, 0.2) is 6.20 Å². The van der Waals surface area contributed by atoms with Crippen molar-refractivity contribution in [2.24, 2.45) is 5.41 Å². The number of anilines is 1. The summed E-state index contributed by atoms with van der Waals surface area (Å²) < 4.78 is 5.02. The number of aryl methyl sites for hydroxylation is 1. The van der Waals surface area contributed by atoms with Gasteiger partial charge in [-0.3, -0.25) is 4.79 Å². The molecule has 14 heavy (non-hydrogen) atoms. The van der Waals surface area contributed by atoms with Gasteiger partial charge in [-0.25, -0.2) is 4.98 Å². The normalized spacial score (nSPS) is 18.7. The van der Waals surface area contributed by atoms with Gasteiger partial charge in [-0.1, -0.05) is 0 Å². The molecule has 0 bridgehead atoms. The predicted molar refractivity (Wildman–Crippen MR) is 54.4 cm³/mol. The molecule has 0 spiro atoms. The first-order valence-corrected chi connectivity index (χ1v) is 5.23. The van der Waals surface area contributed by atoms with E-state index in [9.17, 15) is 4.79 Å². The lowest BCUT2D eigenvalue weighted by Crippen LogP contribution is -2.49. The molecule has 2 heterocycles. The summed E-state index contributed by atoms with van der Waals surface area (Å²) in [4.78, 5) is 16.9. The van der Waals surface area contributed by atoms with E-state index in [-0.39, 0.29) is 11.3 Å². The van der Waals surface area contributed by atoms with Crippen LogP contribution in [0.3, 0.4) is 0 Å². The van der Waals surface area contributed by atoms with Crippen molar-refractivity contribution in [1.29, 1.82) is 0 Å². The van der Waals surface area contributed by atoms with Crippen LogP contribution >= 0.6 is 11.3 Å². The average molecular weight is 212 g/mol. The van der Waals surface area contributed by atoms with Gasteiger partial charge >= 0.3 is 0 Å². The Morgan fingerprint density at radius 2 is 2.43 bits per heavy atom. The third kappa shape index (κ3) is 1.65. The van der Waals surface area contributed by atoms with Crippen molar-refractivity contribution in [3.05, 3.63) is 11.1 Å². The molecule has 1 fully saturated rings. The summed E-state index contributed by atoms with van der Waals surface area (Å²) in [6, 6.07) is 0. The second-order valence-corrected chi connectivity index (χ2v) is 5.02. The maximum atomic E-state index is 11.7. The molecule has 0 aromatic carbocycles. The molecule has 0 radical (unpaired) electrons. The fourth-order valence-corrected chi connectivity index (χ4v) is 1.86. The molecular weight excluding hydrogens is 200 g/mol. The van der Waals surface area contributed by atoms with E-state index in [0.29, 0.717) is 18.3 Å². The van der Waals surface area contributed by atoms with Gasteiger partial charge in [0.1, 0.15) is 0 Å². The van der Waals surface area contributed by atoms with Crippen LogP contribution in [0.2, 0.25) is 0 Å². The molecule has 1 amide bonds. The Bertz CT molecular complexity index is 357. The molecule has 5 heteroatoms. The van der Waals surface area contributed by atoms with Crippen LogP contribution in [-0.4, -0.2) is 24.1 Å². The molecule has 1 aliphatic heterocycles. The van der Waals surface area contributed by atoms with Crippen molar-refractivity contribution in [2.75, 3.05) is 18.5 Å². The maximum Gasteiger partial charge on any atom is 0.236 e. The van der Waals surface area contributed by atoms with Gasteiger partial charge in [-0.2, -0.15) is 0 Å². The number of ether oxygens (including phenoxy) is 1. The number of hydrogen-bond acceptors (Lipinski definition) is 4. The summed E-state index contributed by atoms with van der Waals surface area (Å²) in [6.07, 6.45) is 1.75. The Labute approximate surface area is 86.3 Å². The first-order valence-electron chi connectivity index (χ1n) is 4.42. The molecule has 0 aliphatic carbocycles. The number of nitrogens with one attached hydrogen (secondary N) is 1. The molecule has 4 nitrogen and oxygen atoms in total. The zero-order valence-corrected chi connectivity index (χ0v) is 8.98. The van der Waals surface area contributed by atoms with E-state index in [1.54, 1.807) is 6.20 Å². The van der Waals surface area contributed by atoms with Gasteiger partial charge in [0, 0.05) is 11.1 Å². The molecule has 1 aromatic heterocycles. The molecule has 0 saturated carbocycles. The molecule has 76 valence electrons. The Hall–Kier alpha value is -0.940. The van der Waals surface area contributed by atoms with Gasteiger partial charge < -0.3 is 10.1 Å². The Kier molecular flexibility index (Phi) is 2.28.